The predicted octanol–water partition coefficient (Wildman–Crippen LogP) is 2.43. The van der Waals surface area contributed by atoms with Crippen LogP contribution in [-0.2, 0) is 4.79 Å². The van der Waals surface area contributed by atoms with E-state index in [1.807, 2.05) is 0 Å². The lowest BCUT2D eigenvalue weighted by Gasteiger charge is -2.08. The summed E-state index contributed by atoms with van der Waals surface area (Å²) >= 11 is 0. The first-order valence-electron chi connectivity index (χ1n) is 5.48. The van der Waals surface area contributed by atoms with E-state index in [-0.39, 0.29) is 0 Å². The molecule has 0 aromatic heterocycles. The van der Waals surface area contributed by atoms with Crippen LogP contribution in [0.15, 0.2) is 0 Å². The van der Waals surface area contributed by atoms with Gasteiger partial charge in [-0.15, -0.1) is 0 Å². The van der Waals surface area contributed by atoms with Crippen LogP contribution in [0, 0.1) is 5.92 Å². The van der Waals surface area contributed by atoms with E-state index in [0.717, 1.165) is 25.2 Å². The van der Waals surface area contributed by atoms with Crippen molar-refractivity contribution in [3.8, 4) is 0 Å². The maximum atomic E-state index is 10.3. The van der Waals surface area contributed by atoms with Gasteiger partial charge in [0.2, 0.25) is 0 Å². The van der Waals surface area contributed by atoms with E-state index in [9.17, 15) is 4.79 Å². The molecule has 0 aliphatic heterocycles. The normalized spacial score (nSPS) is 15.1. The number of rotatable bonds is 8. The van der Waals surface area contributed by atoms with Crippen molar-refractivity contribution in [1.29, 1.82) is 0 Å². The van der Waals surface area contributed by atoms with E-state index < -0.39 is 12.1 Å². The number of aliphatic hydroxyl groups excluding tert-OH is 1. The Kier molecular flexibility index (Phi) is 7.48. The molecule has 3 heteroatoms. The minimum Gasteiger partial charge on any atom is -0.479 e. The second-order valence-corrected chi connectivity index (χ2v) is 4.01. The molecule has 2 atom stereocenters. The molecule has 0 spiro atoms. The van der Waals surface area contributed by atoms with Crippen LogP contribution in [0.3, 0.4) is 0 Å². The molecule has 0 amide bonds. The quantitative estimate of drug-likeness (QED) is 0.594. The van der Waals surface area contributed by atoms with Crippen LogP contribution in [0.5, 0.6) is 0 Å². The third kappa shape index (κ3) is 6.89. The SMILES string of the molecule is CCC(C)CCCCCC(O)C(=O)O. The molecule has 0 saturated carbocycles. The first kappa shape index (κ1) is 13.4. The van der Waals surface area contributed by atoms with Crippen molar-refractivity contribution in [2.75, 3.05) is 0 Å². The highest BCUT2D eigenvalue weighted by atomic mass is 16.4. The summed E-state index contributed by atoms with van der Waals surface area (Å²) in [4.78, 5) is 10.3. The summed E-state index contributed by atoms with van der Waals surface area (Å²) in [6, 6.07) is 0. The smallest absolute Gasteiger partial charge is 0.332 e. The molecule has 0 heterocycles. The molecular formula is C11H22O3. The van der Waals surface area contributed by atoms with Gasteiger partial charge in [-0.25, -0.2) is 4.79 Å². The Labute approximate surface area is 86.1 Å². The van der Waals surface area contributed by atoms with Crippen LogP contribution >= 0.6 is 0 Å². The molecule has 0 bridgehead atoms. The molecule has 3 nitrogen and oxygen atoms in total. The van der Waals surface area contributed by atoms with E-state index >= 15 is 0 Å². The summed E-state index contributed by atoms with van der Waals surface area (Å²) in [5.74, 6) is -0.341. The van der Waals surface area contributed by atoms with Crippen LogP contribution in [0.2, 0.25) is 0 Å². The fourth-order valence-electron chi connectivity index (χ4n) is 1.33. The van der Waals surface area contributed by atoms with Gasteiger partial charge in [0.05, 0.1) is 0 Å². The Hall–Kier alpha value is -0.570. The molecule has 0 aliphatic rings. The summed E-state index contributed by atoms with van der Waals surface area (Å²) in [5.41, 5.74) is 0. The number of hydrogen-bond acceptors (Lipinski definition) is 2. The van der Waals surface area contributed by atoms with Crippen molar-refractivity contribution >= 4 is 5.97 Å². The van der Waals surface area contributed by atoms with Crippen molar-refractivity contribution < 1.29 is 15.0 Å². The molecule has 0 saturated heterocycles. The molecule has 14 heavy (non-hydrogen) atoms. The van der Waals surface area contributed by atoms with Gasteiger partial charge in [0, 0.05) is 0 Å². The zero-order chi connectivity index (χ0) is 11.0. The topological polar surface area (TPSA) is 57.5 Å². The minimum atomic E-state index is -1.17. The monoisotopic (exact) mass is 202 g/mol. The summed E-state index contributed by atoms with van der Waals surface area (Å²) < 4.78 is 0. The molecule has 2 N–H and O–H groups in total. The van der Waals surface area contributed by atoms with Crippen LogP contribution < -0.4 is 0 Å². The maximum absolute atomic E-state index is 10.3. The zero-order valence-corrected chi connectivity index (χ0v) is 9.20. The number of carboxylic acids is 1. The molecule has 0 fully saturated rings. The third-order valence-corrected chi connectivity index (χ3v) is 2.66. The first-order chi connectivity index (χ1) is 6.57. The van der Waals surface area contributed by atoms with Gasteiger partial charge >= 0.3 is 5.97 Å². The van der Waals surface area contributed by atoms with Gasteiger partial charge in [0.1, 0.15) is 0 Å². The van der Waals surface area contributed by atoms with E-state index in [0.29, 0.717) is 6.42 Å². The van der Waals surface area contributed by atoms with Crippen molar-refractivity contribution in [2.45, 2.75) is 58.5 Å². The fraction of sp³-hybridized carbons (Fsp3) is 0.909. The first-order valence-corrected chi connectivity index (χ1v) is 5.48. The van der Waals surface area contributed by atoms with Gasteiger partial charge in [0.15, 0.2) is 6.10 Å². The Morgan fingerprint density at radius 2 is 1.79 bits per heavy atom. The second-order valence-electron chi connectivity index (χ2n) is 4.01. The van der Waals surface area contributed by atoms with Crippen molar-refractivity contribution in [3.05, 3.63) is 0 Å². The largest absolute Gasteiger partial charge is 0.479 e. The molecule has 2 unspecified atom stereocenters. The minimum absolute atomic E-state index is 0.385. The average molecular weight is 202 g/mol. The highest BCUT2D eigenvalue weighted by molar-refractivity contribution is 5.71. The lowest BCUT2D eigenvalue weighted by molar-refractivity contribution is -0.146. The van der Waals surface area contributed by atoms with Gasteiger partial charge in [0.25, 0.3) is 0 Å². The number of aliphatic carboxylic acids is 1. The Morgan fingerprint density at radius 1 is 1.21 bits per heavy atom. The Morgan fingerprint density at radius 3 is 2.29 bits per heavy atom. The van der Waals surface area contributed by atoms with Crippen LogP contribution in [0.1, 0.15) is 52.4 Å². The van der Waals surface area contributed by atoms with E-state index in [4.69, 9.17) is 10.2 Å². The summed E-state index contributed by atoms with van der Waals surface area (Å²) in [5, 5.41) is 17.4. The average Bonchev–Trinajstić information content (AvgIpc) is 2.16. The second kappa shape index (κ2) is 7.80. The molecule has 0 aromatic carbocycles. The zero-order valence-electron chi connectivity index (χ0n) is 9.20. The maximum Gasteiger partial charge on any atom is 0.332 e. The number of hydrogen-bond donors (Lipinski definition) is 2. The van der Waals surface area contributed by atoms with Crippen molar-refractivity contribution in [3.63, 3.8) is 0 Å². The lowest BCUT2D eigenvalue weighted by atomic mass is 10.00. The van der Waals surface area contributed by atoms with E-state index in [2.05, 4.69) is 13.8 Å². The van der Waals surface area contributed by atoms with Gasteiger partial charge in [-0.05, 0) is 12.3 Å². The highest BCUT2D eigenvalue weighted by Crippen LogP contribution is 2.13. The van der Waals surface area contributed by atoms with Gasteiger partial charge in [-0.3, -0.25) is 0 Å². The molecule has 0 aliphatic carbocycles. The van der Waals surface area contributed by atoms with Crippen molar-refractivity contribution in [1.82, 2.24) is 0 Å². The van der Waals surface area contributed by atoms with Crippen LogP contribution in [0.4, 0.5) is 0 Å². The Balaban J connectivity index is 3.25. The molecule has 0 radical (unpaired) electrons. The third-order valence-electron chi connectivity index (χ3n) is 2.66. The Bertz CT molecular complexity index is 157. The highest BCUT2D eigenvalue weighted by Gasteiger charge is 2.11. The molecule has 84 valence electrons. The lowest BCUT2D eigenvalue weighted by Crippen LogP contribution is -2.18. The fourth-order valence-corrected chi connectivity index (χ4v) is 1.33. The van der Waals surface area contributed by atoms with Crippen LogP contribution in [-0.4, -0.2) is 22.3 Å². The standard InChI is InChI=1S/C11H22O3/c1-3-9(2)7-5-4-6-8-10(12)11(13)14/h9-10,12H,3-8H2,1-2H3,(H,13,14). The molecule has 0 aromatic rings. The van der Waals surface area contributed by atoms with Gasteiger partial charge in [-0.1, -0.05) is 46.0 Å². The number of carbonyl (C=O) groups is 1. The number of carboxylic acid groups (broad SMARTS) is 1. The summed E-state index contributed by atoms with van der Waals surface area (Å²) in [6.45, 7) is 4.41. The summed E-state index contributed by atoms with van der Waals surface area (Å²) in [6.07, 6.45) is 4.60. The molecule has 0 rings (SSSR count). The number of aliphatic hydroxyl groups is 1. The van der Waals surface area contributed by atoms with Gasteiger partial charge < -0.3 is 10.2 Å². The van der Waals surface area contributed by atoms with Crippen LogP contribution in [0.25, 0.3) is 0 Å². The van der Waals surface area contributed by atoms with Gasteiger partial charge in [-0.2, -0.15) is 0 Å². The summed E-state index contributed by atoms with van der Waals surface area (Å²) in [7, 11) is 0. The van der Waals surface area contributed by atoms with E-state index in [1.165, 1.54) is 12.8 Å². The van der Waals surface area contributed by atoms with E-state index in [1.54, 1.807) is 0 Å². The molecular weight excluding hydrogens is 180 g/mol. The number of unbranched alkanes of at least 4 members (excludes halogenated alkanes) is 2. The predicted molar refractivity (Wildman–Crippen MR) is 56.2 cm³/mol. The van der Waals surface area contributed by atoms with Crippen molar-refractivity contribution in [2.24, 2.45) is 5.92 Å².